The molecule has 0 aromatic carbocycles. The molecule has 2 aromatic heterocycles. The molecule has 0 radical (unpaired) electrons. The second-order valence-electron chi connectivity index (χ2n) is 6.50. The fourth-order valence-corrected chi connectivity index (χ4v) is 3.62. The van der Waals surface area contributed by atoms with E-state index in [9.17, 15) is 4.79 Å². The van der Waals surface area contributed by atoms with E-state index in [-0.39, 0.29) is 17.5 Å². The predicted molar refractivity (Wildman–Crippen MR) is 89.3 cm³/mol. The summed E-state index contributed by atoms with van der Waals surface area (Å²) in [5, 5.41) is 9.01. The molecule has 9 nitrogen and oxygen atoms in total. The zero-order valence-electron chi connectivity index (χ0n) is 14.2. The van der Waals surface area contributed by atoms with Crippen LogP contribution in [-0.4, -0.2) is 64.1 Å². The summed E-state index contributed by atoms with van der Waals surface area (Å²) in [6.45, 7) is 2.91. The van der Waals surface area contributed by atoms with Crippen molar-refractivity contribution in [1.29, 1.82) is 5.26 Å². The number of amides is 1. The zero-order valence-corrected chi connectivity index (χ0v) is 14.2. The van der Waals surface area contributed by atoms with Gasteiger partial charge in [-0.25, -0.2) is 15.0 Å². The molecule has 0 N–H and O–H groups in total. The van der Waals surface area contributed by atoms with Gasteiger partial charge in [0.05, 0.1) is 25.9 Å². The summed E-state index contributed by atoms with van der Waals surface area (Å²) in [6, 6.07) is 3.76. The van der Waals surface area contributed by atoms with Crippen LogP contribution in [0.1, 0.15) is 29.2 Å². The van der Waals surface area contributed by atoms with Gasteiger partial charge in [-0.3, -0.25) is 4.79 Å². The van der Waals surface area contributed by atoms with Gasteiger partial charge in [0.1, 0.15) is 17.5 Å². The van der Waals surface area contributed by atoms with Gasteiger partial charge < -0.3 is 19.0 Å². The number of ether oxygens (including phenoxy) is 1. The molecule has 1 amide bonds. The number of morpholine rings is 1. The molecule has 4 rings (SSSR count). The molecular weight excluding hydrogens is 336 g/mol. The Kier molecular flexibility index (Phi) is 4.26. The number of piperidine rings is 1. The minimum absolute atomic E-state index is 0.147. The van der Waals surface area contributed by atoms with E-state index in [2.05, 4.69) is 19.9 Å². The Morgan fingerprint density at radius 2 is 2.27 bits per heavy atom. The number of hydrogen-bond donors (Lipinski definition) is 0. The van der Waals surface area contributed by atoms with Crippen LogP contribution in [0.3, 0.4) is 0 Å². The summed E-state index contributed by atoms with van der Waals surface area (Å²) >= 11 is 0. The molecule has 1 atom stereocenters. The van der Waals surface area contributed by atoms with Crippen molar-refractivity contribution in [1.82, 2.24) is 19.9 Å². The Hall–Kier alpha value is -2.99. The van der Waals surface area contributed by atoms with Crippen LogP contribution in [0.5, 0.6) is 0 Å². The number of aromatic nitrogens is 3. The zero-order chi connectivity index (χ0) is 18.0. The number of anilines is 1. The number of carbonyl (C=O) groups is 1. The van der Waals surface area contributed by atoms with Gasteiger partial charge in [-0.15, -0.1) is 0 Å². The van der Waals surface area contributed by atoms with Crippen molar-refractivity contribution in [2.45, 2.75) is 18.4 Å². The summed E-state index contributed by atoms with van der Waals surface area (Å²) in [5.41, 5.74) is -0.454. The van der Waals surface area contributed by atoms with Crippen molar-refractivity contribution >= 4 is 11.7 Å². The maximum Gasteiger partial charge on any atom is 0.291 e. The first-order valence-electron chi connectivity index (χ1n) is 8.49. The van der Waals surface area contributed by atoms with Crippen molar-refractivity contribution < 1.29 is 13.9 Å². The molecule has 2 fully saturated rings. The van der Waals surface area contributed by atoms with Crippen molar-refractivity contribution in [2.24, 2.45) is 0 Å². The molecule has 0 bridgehead atoms. The monoisotopic (exact) mass is 354 g/mol. The standard InChI is InChI=1S/C17H18N6O3/c18-8-14-20-4-2-15(21-14)22-5-1-3-17(10-22)11-23(6-7-26-17)16(24)13-9-19-12-25-13/h2,4,9,12H,1,3,5-7,10-11H2. The highest BCUT2D eigenvalue weighted by Gasteiger charge is 2.42. The molecule has 2 aromatic rings. The van der Waals surface area contributed by atoms with Gasteiger partial charge in [0, 0.05) is 19.3 Å². The number of rotatable bonds is 2. The fourth-order valence-electron chi connectivity index (χ4n) is 3.62. The maximum absolute atomic E-state index is 12.6. The number of carbonyl (C=O) groups excluding carboxylic acids is 1. The van der Waals surface area contributed by atoms with E-state index in [1.165, 1.54) is 12.6 Å². The first kappa shape index (κ1) is 16.5. The number of nitrogens with zero attached hydrogens (tertiary/aromatic N) is 6. The average molecular weight is 354 g/mol. The van der Waals surface area contributed by atoms with Gasteiger partial charge in [0.2, 0.25) is 11.6 Å². The van der Waals surface area contributed by atoms with Crippen molar-refractivity contribution in [2.75, 3.05) is 37.7 Å². The summed E-state index contributed by atoms with van der Waals surface area (Å²) in [5.74, 6) is 0.923. The van der Waals surface area contributed by atoms with Gasteiger partial charge in [-0.2, -0.15) is 5.26 Å². The maximum atomic E-state index is 12.6. The average Bonchev–Trinajstić information content (AvgIpc) is 3.22. The lowest BCUT2D eigenvalue weighted by Crippen LogP contribution is -2.61. The minimum Gasteiger partial charge on any atom is -0.438 e. The van der Waals surface area contributed by atoms with Crippen molar-refractivity contribution in [3.63, 3.8) is 0 Å². The Balaban J connectivity index is 1.52. The van der Waals surface area contributed by atoms with E-state index in [0.29, 0.717) is 32.1 Å². The van der Waals surface area contributed by atoms with E-state index in [0.717, 1.165) is 19.4 Å². The summed E-state index contributed by atoms with van der Waals surface area (Å²) in [7, 11) is 0. The van der Waals surface area contributed by atoms with Gasteiger partial charge in [0.15, 0.2) is 6.39 Å². The van der Waals surface area contributed by atoms with E-state index in [4.69, 9.17) is 14.4 Å². The van der Waals surface area contributed by atoms with Crippen molar-refractivity contribution in [3.8, 4) is 6.07 Å². The second kappa shape index (κ2) is 6.72. The summed E-state index contributed by atoms with van der Waals surface area (Å²) in [6.07, 6.45) is 6.05. The Morgan fingerprint density at radius 1 is 1.35 bits per heavy atom. The summed E-state index contributed by atoms with van der Waals surface area (Å²) < 4.78 is 11.3. The molecule has 134 valence electrons. The largest absolute Gasteiger partial charge is 0.438 e. The molecule has 1 spiro atoms. The Bertz CT molecular complexity index is 829. The highest BCUT2D eigenvalue weighted by molar-refractivity contribution is 5.91. The molecule has 1 unspecified atom stereocenters. The Morgan fingerprint density at radius 3 is 3.08 bits per heavy atom. The van der Waals surface area contributed by atoms with Crippen LogP contribution in [-0.2, 0) is 4.74 Å². The van der Waals surface area contributed by atoms with E-state index >= 15 is 0 Å². The normalized spacial score (nSPS) is 23.0. The van der Waals surface area contributed by atoms with Crippen molar-refractivity contribution in [3.05, 3.63) is 36.4 Å². The first-order valence-corrected chi connectivity index (χ1v) is 8.49. The van der Waals surface area contributed by atoms with Crippen LogP contribution in [0.4, 0.5) is 5.82 Å². The third kappa shape index (κ3) is 3.11. The predicted octanol–water partition coefficient (Wildman–Crippen LogP) is 0.848. The van der Waals surface area contributed by atoms with Crippen LogP contribution >= 0.6 is 0 Å². The first-order chi connectivity index (χ1) is 12.7. The van der Waals surface area contributed by atoms with Crippen LogP contribution in [0, 0.1) is 11.3 Å². The summed E-state index contributed by atoms with van der Waals surface area (Å²) in [4.78, 5) is 28.5. The number of oxazole rings is 1. The molecule has 26 heavy (non-hydrogen) atoms. The molecule has 2 saturated heterocycles. The van der Waals surface area contributed by atoms with Crippen LogP contribution in [0.2, 0.25) is 0 Å². The van der Waals surface area contributed by atoms with E-state index in [1.807, 2.05) is 6.07 Å². The van der Waals surface area contributed by atoms with E-state index < -0.39 is 5.60 Å². The van der Waals surface area contributed by atoms with Crippen LogP contribution in [0.15, 0.2) is 29.3 Å². The minimum atomic E-state index is -0.454. The van der Waals surface area contributed by atoms with E-state index in [1.54, 1.807) is 17.2 Å². The molecule has 0 aliphatic carbocycles. The topological polar surface area (TPSA) is 108 Å². The SMILES string of the molecule is N#Cc1nccc(N2CCCC3(CN(C(=O)c4cnco4)CCO3)C2)n1. The Labute approximate surface area is 150 Å². The third-order valence-corrected chi connectivity index (χ3v) is 4.78. The molecule has 9 heteroatoms. The molecule has 2 aliphatic rings. The van der Waals surface area contributed by atoms with Gasteiger partial charge in [0.25, 0.3) is 5.91 Å². The highest BCUT2D eigenvalue weighted by atomic mass is 16.5. The third-order valence-electron chi connectivity index (χ3n) is 4.78. The number of hydrogen-bond acceptors (Lipinski definition) is 8. The molecular formula is C17H18N6O3. The smallest absolute Gasteiger partial charge is 0.291 e. The quantitative estimate of drug-likeness (QED) is 0.781. The lowest BCUT2D eigenvalue weighted by molar-refractivity contribution is -0.105. The van der Waals surface area contributed by atoms with Gasteiger partial charge in [-0.1, -0.05) is 0 Å². The lowest BCUT2D eigenvalue weighted by Gasteiger charge is -2.48. The van der Waals surface area contributed by atoms with Crippen LogP contribution < -0.4 is 4.90 Å². The van der Waals surface area contributed by atoms with Gasteiger partial charge >= 0.3 is 0 Å². The molecule has 0 saturated carbocycles. The molecule has 2 aliphatic heterocycles. The lowest BCUT2D eigenvalue weighted by atomic mass is 9.90. The molecule has 4 heterocycles. The second-order valence-corrected chi connectivity index (χ2v) is 6.50. The fraction of sp³-hybridized carbons (Fsp3) is 0.471. The number of nitriles is 1. The van der Waals surface area contributed by atoms with Gasteiger partial charge in [-0.05, 0) is 18.9 Å². The highest BCUT2D eigenvalue weighted by Crippen LogP contribution is 2.31. The van der Waals surface area contributed by atoms with Crippen LogP contribution in [0.25, 0.3) is 0 Å².